The molecule has 88 valence electrons. The lowest BCUT2D eigenvalue weighted by molar-refractivity contribution is 0.0697. The highest BCUT2D eigenvalue weighted by atomic mass is 16.4. The van der Waals surface area contributed by atoms with Crippen molar-refractivity contribution in [2.45, 2.75) is 20.3 Å². The lowest BCUT2D eigenvalue weighted by Crippen LogP contribution is -2.22. The molecule has 0 unspecified atom stereocenters. The van der Waals surface area contributed by atoms with E-state index in [1.54, 1.807) is 18.2 Å². The molecule has 3 heteroatoms. The molecule has 1 aromatic rings. The largest absolute Gasteiger partial charge is 0.478 e. The molecule has 0 aliphatic rings. The molecule has 1 rings (SSSR count). The van der Waals surface area contributed by atoms with E-state index >= 15 is 0 Å². The summed E-state index contributed by atoms with van der Waals surface area (Å²) >= 11 is 0. The van der Waals surface area contributed by atoms with E-state index in [-0.39, 0.29) is 0 Å². The molecular weight excluding hydrogens is 202 g/mol. The normalized spacial score (nSPS) is 10.7. The van der Waals surface area contributed by atoms with Crippen molar-refractivity contribution in [1.82, 2.24) is 5.32 Å². The van der Waals surface area contributed by atoms with E-state index in [0.29, 0.717) is 11.5 Å². The van der Waals surface area contributed by atoms with Gasteiger partial charge in [0.25, 0.3) is 0 Å². The third-order valence-corrected chi connectivity index (χ3v) is 2.32. The van der Waals surface area contributed by atoms with Gasteiger partial charge < -0.3 is 10.4 Å². The first kappa shape index (κ1) is 12.7. The number of hydrogen-bond acceptors (Lipinski definition) is 2. The summed E-state index contributed by atoms with van der Waals surface area (Å²) in [7, 11) is 0. The molecule has 0 bridgehead atoms. The third kappa shape index (κ3) is 4.45. The van der Waals surface area contributed by atoms with Gasteiger partial charge in [0, 0.05) is 0 Å². The molecule has 0 saturated carbocycles. The molecule has 0 radical (unpaired) electrons. The minimum absolute atomic E-state index is 0.362. The lowest BCUT2D eigenvalue weighted by atomic mass is 10.1. The number of carboxylic acids is 1. The Hall–Kier alpha value is -1.35. The maximum Gasteiger partial charge on any atom is 0.335 e. The number of aromatic carboxylic acids is 1. The standard InChI is InChI=1S/C13H19NO2/c1-10(2)9-14-7-6-11-4-3-5-12(8-11)13(15)16/h3-5,8,10,14H,6-7,9H2,1-2H3,(H,15,16). The average molecular weight is 221 g/mol. The highest BCUT2D eigenvalue weighted by Gasteiger charge is 2.02. The average Bonchev–Trinajstić information content (AvgIpc) is 2.24. The van der Waals surface area contributed by atoms with Crippen LogP contribution in [0.1, 0.15) is 29.8 Å². The first-order valence-electron chi connectivity index (χ1n) is 5.62. The lowest BCUT2D eigenvalue weighted by Gasteiger charge is -2.07. The minimum Gasteiger partial charge on any atom is -0.478 e. The van der Waals surface area contributed by atoms with Crippen LogP contribution in [0.4, 0.5) is 0 Å². The topological polar surface area (TPSA) is 49.3 Å². The second-order valence-corrected chi connectivity index (χ2v) is 4.35. The molecule has 0 saturated heterocycles. The van der Waals surface area contributed by atoms with Crippen LogP contribution < -0.4 is 5.32 Å². The number of benzene rings is 1. The number of rotatable bonds is 6. The van der Waals surface area contributed by atoms with Gasteiger partial charge in [-0.05, 0) is 43.1 Å². The van der Waals surface area contributed by atoms with Gasteiger partial charge in [-0.2, -0.15) is 0 Å². The van der Waals surface area contributed by atoms with Crippen molar-refractivity contribution in [3.8, 4) is 0 Å². The van der Waals surface area contributed by atoms with Gasteiger partial charge in [-0.3, -0.25) is 0 Å². The van der Waals surface area contributed by atoms with Gasteiger partial charge in [0.05, 0.1) is 5.56 Å². The fraction of sp³-hybridized carbons (Fsp3) is 0.462. The van der Waals surface area contributed by atoms with Crippen molar-refractivity contribution in [3.63, 3.8) is 0 Å². The van der Waals surface area contributed by atoms with Gasteiger partial charge in [0.15, 0.2) is 0 Å². The number of nitrogens with one attached hydrogen (secondary N) is 1. The summed E-state index contributed by atoms with van der Waals surface area (Å²) in [4.78, 5) is 10.8. The molecular formula is C13H19NO2. The van der Waals surface area contributed by atoms with E-state index < -0.39 is 5.97 Å². The monoisotopic (exact) mass is 221 g/mol. The summed E-state index contributed by atoms with van der Waals surface area (Å²) in [5.41, 5.74) is 1.43. The molecule has 0 aliphatic heterocycles. The molecule has 0 fully saturated rings. The fourth-order valence-electron chi connectivity index (χ4n) is 1.48. The van der Waals surface area contributed by atoms with E-state index in [0.717, 1.165) is 25.1 Å². The van der Waals surface area contributed by atoms with Crippen LogP contribution in [0.5, 0.6) is 0 Å². The summed E-state index contributed by atoms with van der Waals surface area (Å²) < 4.78 is 0. The second-order valence-electron chi connectivity index (χ2n) is 4.35. The van der Waals surface area contributed by atoms with Gasteiger partial charge >= 0.3 is 5.97 Å². The van der Waals surface area contributed by atoms with E-state index in [4.69, 9.17) is 5.11 Å². The van der Waals surface area contributed by atoms with Crippen LogP contribution in [-0.4, -0.2) is 24.2 Å². The van der Waals surface area contributed by atoms with Crippen molar-refractivity contribution >= 4 is 5.97 Å². The summed E-state index contributed by atoms with van der Waals surface area (Å²) in [5, 5.41) is 12.2. The molecule has 1 aromatic carbocycles. The van der Waals surface area contributed by atoms with Crippen molar-refractivity contribution < 1.29 is 9.90 Å². The van der Waals surface area contributed by atoms with Gasteiger partial charge in [-0.1, -0.05) is 26.0 Å². The predicted molar refractivity (Wildman–Crippen MR) is 64.8 cm³/mol. The zero-order chi connectivity index (χ0) is 12.0. The Balaban J connectivity index is 2.42. The Labute approximate surface area is 96.5 Å². The van der Waals surface area contributed by atoms with E-state index in [1.165, 1.54) is 0 Å². The van der Waals surface area contributed by atoms with Gasteiger partial charge in [0.2, 0.25) is 0 Å². The van der Waals surface area contributed by atoms with E-state index in [2.05, 4.69) is 19.2 Å². The first-order valence-corrected chi connectivity index (χ1v) is 5.62. The fourth-order valence-corrected chi connectivity index (χ4v) is 1.48. The van der Waals surface area contributed by atoms with Crippen molar-refractivity contribution in [2.24, 2.45) is 5.92 Å². The Morgan fingerprint density at radius 3 is 2.81 bits per heavy atom. The van der Waals surface area contributed by atoms with Crippen LogP contribution in [0.2, 0.25) is 0 Å². The Morgan fingerprint density at radius 2 is 2.19 bits per heavy atom. The Bertz CT molecular complexity index is 348. The quantitative estimate of drug-likeness (QED) is 0.724. The molecule has 2 N–H and O–H groups in total. The maximum absolute atomic E-state index is 10.8. The van der Waals surface area contributed by atoms with Gasteiger partial charge in [0.1, 0.15) is 0 Å². The first-order chi connectivity index (χ1) is 7.59. The zero-order valence-corrected chi connectivity index (χ0v) is 9.86. The van der Waals surface area contributed by atoms with E-state index in [9.17, 15) is 4.79 Å². The summed E-state index contributed by atoms with van der Waals surface area (Å²) in [6, 6.07) is 7.11. The Kier molecular flexibility index (Phi) is 4.99. The smallest absolute Gasteiger partial charge is 0.335 e. The molecule has 16 heavy (non-hydrogen) atoms. The second kappa shape index (κ2) is 6.28. The number of carbonyl (C=O) groups is 1. The van der Waals surface area contributed by atoms with Crippen LogP contribution in [0.3, 0.4) is 0 Å². The summed E-state index contributed by atoms with van der Waals surface area (Å²) in [6.07, 6.45) is 0.869. The maximum atomic E-state index is 10.8. The third-order valence-electron chi connectivity index (χ3n) is 2.32. The number of carboxylic acid groups (broad SMARTS) is 1. The highest BCUT2D eigenvalue weighted by molar-refractivity contribution is 5.87. The molecule has 0 atom stereocenters. The molecule has 0 heterocycles. The van der Waals surface area contributed by atoms with Crippen LogP contribution in [0, 0.1) is 5.92 Å². The molecule has 0 amide bonds. The highest BCUT2D eigenvalue weighted by Crippen LogP contribution is 2.05. The van der Waals surface area contributed by atoms with Gasteiger partial charge in [-0.15, -0.1) is 0 Å². The molecule has 0 spiro atoms. The molecule has 3 nitrogen and oxygen atoms in total. The van der Waals surface area contributed by atoms with Crippen molar-refractivity contribution in [1.29, 1.82) is 0 Å². The predicted octanol–water partition coefficient (Wildman–Crippen LogP) is 2.17. The van der Waals surface area contributed by atoms with Crippen molar-refractivity contribution in [2.75, 3.05) is 13.1 Å². The van der Waals surface area contributed by atoms with Gasteiger partial charge in [-0.25, -0.2) is 4.79 Å². The van der Waals surface area contributed by atoms with Crippen LogP contribution in [0.15, 0.2) is 24.3 Å². The minimum atomic E-state index is -0.864. The number of hydrogen-bond donors (Lipinski definition) is 2. The SMILES string of the molecule is CC(C)CNCCc1cccc(C(=O)O)c1. The Morgan fingerprint density at radius 1 is 1.44 bits per heavy atom. The molecule has 0 aromatic heterocycles. The zero-order valence-electron chi connectivity index (χ0n) is 9.86. The van der Waals surface area contributed by atoms with Crippen LogP contribution in [0.25, 0.3) is 0 Å². The van der Waals surface area contributed by atoms with Crippen LogP contribution >= 0.6 is 0 Å². The summed E-state index contributed by atoms with van der Waals surface area (Å²) in [6.45, 7) is 6.22. The summed E-state index contributed by atoms with van der Waals surface area (Å²) in [5.74, 6) is -0.220. The van der Waals surface area contributed by atoms with Crippen LogP contribution in [-0.2, 0) is 6.42 Å². The van der Waals surface area contributed by atoms with E-state index in [1.807, 2.05) is 6.07 Å². The molecule has 0 aliphatic carbocycles. The van der Waals surface area contributed by atoms with Crippen molar-refractivity contribution in [3.05, 3.63) is 35.4 Å².